The third kappa shape index (κ3) is 4.89. The summed E-state index contributed by atoms with van der Waals surface area (Å²) < 4.78 is 13.3. The highest BCUT2D eigenvalue weighted by molar-refractivity contribution is 7.99. The van der Waals surface area contributed by atoms with Crippen molar-refractivity contribution in [1.82, 2.24) is 14.8 Å². The minimum Gasteiger partial charge on any atom is -0.490 e. The number of nitrogens with one attached hydrogen (secondary N) is 1. The van der Waals surface area contributed by atoms with Crippen LogP contribution in [0.1, 0.15) is 17.8 Å². The van der Waals surface area contributed by atoms with Gasteiger partial charge >= 0.3 is 0 Å². The summed E-state index contributed by atoms with van der Waals surface area (Å²) >= 11 is 1.37. The number of thioether (sulfide) groups is 1. The summed E-state index contributed by atoms with van der Waals surface area (Å²) in [6.07, 6.45) is 0.843. The molecule has 0 bridgehead atoms. The number of anilines is 1. The summed E-state index contributed by atoms with van der Waals surface area (Å²) in [6, 6.07) is 15.6. The van der Waals surface area contributed by atoms with Gasteiger partial charge in [-0.1, -0.05) is 42.1 Å². The molecular weight excluding hydrogens is 388 g/mol. The molecule has 1 aliphatic rings. The third-order valence-electron chi connectivity index (χ3n) is 4.45. The first-order valence-corrected chi connectivity index (χ1v) is 10.4. The summed E-state index contributed by atoms with van der Waals surface area (Å²) in [7, 11) is 0. The Morgan fingerprint density at radius 1 is 1.10 bits per heavy atom. The average molecular weight is 410 g/mol. The lowest BCUT2D eigenvalue weighted by molar-refractivity contribution is -0.113. The number of fused-ring (bicyclic) bond motifs is 1. The van der Waals surface area contributed by atoms with Crippen molar-refractivity contribution in [2.75, 3.05) is 24.3 Å². The summed E-state index contributed by atoms with van der Waals surface area (Å²) in [6.45, 7) is 3.83. The van der Waals surface area contributed by atoms with Crippen LogP contribution in [-0.2, 0) is 11.3 Å². The van der Waals surface area contributed by atoms with Crippen LogP contribution in [-0.4, -0.2) is 39.6 Å². The zero-order valence-corrected chi connectivity index (χ0v) is 16.9. The Balaban J connectivity index is 1.37. The van der Waals surface area contributed by atoms with Gasteiger partial charge < -0.3 is 19.4 Å². The first kappa shape index (κ1) is 19.3. The van der Waals surface area contributed by atoms with Crippen molar-refractivity contribution in [3.05, 3.63) is 59.9 Å². The number of aromatic nitrogens is 3. The fraction of sp³-hybridized carbons (Fsp3) is 0.286. The van der Waals surface area contributed by atoms with Gasteiger partial charge in [0.05, 0.1) is 25.5 Å². The van der Waals surface area contributed by atoms with E-state index in [0.717, 1.165) is 23.0 Å². The number of amides is 1. The molecule has 2 heterocycles. The normalized spacial score (nSPS) is 13.0. The van der Waals surface area contributed by atoms with E-state index >= 15 is 0 Å². The number of ether oxygens (including phenoxy) is 2. The monoisotopic (exact) mass is 410 g/mol. The lowest BCUT2D eigenvalue weighted by Gasteiger charge is -2.11. The molecule has 1 aromatic heterocycles. The fourth-order valence-corrected chi connectivity index (χ4v) is 3.77. The molecule has 0 spiro atoms. The van der Waals surface area contributed by atoms with Crippen LogP contribution in [0.3, 0.4) is 0 Å². The van der Waals surface area contributed by atoms with Crippen LogP contribution < -0.4 is 14.8 Å². The van der Waals surface area contributed by atoms with Crippen LogP contribution in [0.15, 0.2) is 53.7 Å². The molecule has 0 unspecified atom stereocenters. The van der Waals surface area contributed by atoms with Crippen LogP contribution in [0.25, 0.3) is 0 Å². The summed E-state index contributed by atoms with van der Waals surface area (Å²) in [5, 5.41) is 12.0. The Bertz CT molecular complexity index is 991. The Morgan fingerprint density at radius 3 is 2.72 bits per heavy atom. The second-order valence-corrected chi connectivity index (χ2v) is 7.59. The summed E-state index contributed by atoms with van der Waals surface area (Å²) in [5.41, 5.74) is 1.84. The standard InChI is InChI=1S/C21H22N4O3S/c1-15-23-24-21(25(15)13-16-6-3-2-4-7-16)29-14-20(26)22-17-8-9-18-19(12-17)28-11-5-10-27-18/h2-4,6-9,12H,5,10-11,13-14H2,1H3,(H,22,26). The van der Waals surface area contributed by atoms with Gasteiger partial charge in [0.15, 0.2) is 16.7 Å². The molecule has 0 saturated heterocycles. The molecule has 0 atom stereocenters. The summed E-state index contributed by atoms with van der Waals surface area (Å²) in [4.78, 5) is 12.4. The Kier molecular flexibility index (Phi) is 6.00. The van der Waals surface area contributed by atoms with Crippen molar-refractivity contribution >= 4 is 23.4 Å². The first-order valence-electron chi connectivity index (χ1n) is 9.45. The average Bonchev–Trinajstić information content (AvgIpc) is 2.92. The van der Waals surface area contributed by atoms with E-state index in [0.29, 0.717) is 36.9 Å². The highest BCUT2D eigenvalue weighted by Gasteiger charge is 2.14. The molecule has 0 fully saturated rings. The minimum absolute atomic E-state index is 0.114. The van der Waals surface area contributed by atoms with Gasteiger partial charge in [-0.25, -0.2) is 0 Å². The second-order valence-electron chi connectivity index (χ2n) is 6.65. The van der Waals surface area contributed by atoms with Crippen LogP contribution in [0.2, 0.25) is 0 Å². The number of nitrogens with zero attached hydrogens (tertiary/aromatic N) is 3. The van der Waals surface area contributed by atoms with Crippen molar-refractivity contribution in [2.24, 2.45) is 0 Å². The second kappa shape index (κ2) is 9.00. The van der Waals surface area contributed by atoms with E-state index in [9.17, 15) is 4.79 Å². The van der Waals surface area contributed by atoms with Gasteiger partial charge in [0.2, 0.25) is 5.91 Å². The molecule has 4 rings (SSSR count). The number of benzene rings is 2. The topological polar surface area (TPSA) is 78.3 Å². The van der Waals surface area contributed by atoms with E-state index in [4.69, 9.17) is 9.47 Å². The van der Waals surface area contributed by atoms with Gasteiger partial charge in [0.25, 0.3) is 0 Å². The maximum Gasteiger partial charge on any atom is 0.234 e. The molecule has 150 valence electrons. The van der Waals surface area contributed by atoms with Crippen molar-refractivity contribution in [2.45, 2.75) is 25.0 Å². The molecule has 7 nitrogen and oxygen atoms in total. The van der Waals surface area contributed by atoms with E-state index in [1.807, 2.05) is 41.8 Å². The highest BCUT2D eigenvalue weighted by atomic mass is 32.2. The van der Waals surface area contributed by atoms with E-state index in [-0.39, 0.29) is 11.7 Å². The van der Waals surface area contributed by atoms with Crippen molar-refractivity contribution in [1.29, 1.82) is 0 Å². The lowest BCUT2D eigenvalue weighted by atomic mass is 10.2. The fourth-order valence-electron chi connectivity index (χ4n) is 2.98. The van der Waals surface area contributed by atoms with Gasteiger partial charge in [-0.3, -0.25) is 4.79 Å². The Labute approximate surface area is 173 Å². The smallest absolute Gasteiger partial charge is 0.234 e. The van der Waals surface area contributed by atoms with E-state index < -0.39 is 0 Å². The Morgan fingerprint density at radius 2 is 1.90 bits per heavy atom. The molecule has 1 amide bonds. The van der Waals surface area contributed by atoms with Crippen molar-refractivity contribution < 1.29 is 14.3 Å². The first-order chi connectivity index (χ1) is 14.2. The molecule has 29 heavy (non-hydrogen) atoms. The van der Waals surface area contributed by atoms with Crippen LogP contribution in [0, 0.1) is 6.92 Å². The molecule has 0 saturated carbocycles. The molecule has 0 radical (unpaired) electrons. The van der Waals surface area contributed by atoms with Crippen molar-refractivity contribution in [3.63, 3.8) is 0 Å². The van der Waals surface area contributed by atoms with E-state index in [2.05, 4.69) is 27.6 Å². The lowest BCUT2D eigenvalue weighted by Crippen LogP contribution is -2.15. The molecular formula is C21H22N4O3S. The minimum atomic E-state index is -0.114. The molecule has 1 aliphatic heterocycles. The quantitative estimate of drug-likeness (QED) is 0.627. The van der Waals surface area contributed by atoms with Gasteiger partial charge in [-0.15, -0.1) is 10.2 Å². The molecule has 3 aromatic rings. The Hall–Kier alpha value is -3.00. The van der Waals surface area contributed by atoms with Gasteiger partial charge in [-0.2, -0.15) is 0 Å². The number of carbonyl (C=O) groups is 1. The van der Waals surface area contributed by atoms with Crippen LogP contribution >= 0.6 is 11.8 Å². The predicted molar refractivity (Wildman–Crippen MR) is 112 cm³/mol. The number of rotatable bonds is 6. The molecule has 8 heteroatoms. The molecule has 2 aromatic carbocycles. The third-order valence-corrected chi connectivity index (χ3v) is 5.42. The van der Waals surface area contributed by atoms with Crippen molar-refractivity contribution in [3.8, 4) is 11.5 Å². The number of hydrogen-bond donors (Lipinski definition) is 1. The number of carbonyl (C=O) groups excluding carboxylic acids is 1. The number of hydrogen-bond acceptors (Lipinski definition) is 6. The van der Waals surface area contributed by atoms with E-state index in [1.165, 1.54) is 11.8 Å². The van der Waals surface area contributed by atoms with Crippen LogP contribution in [0.5, 0.6) is 11.5 Å². The maximum atomic E-state index is 12.4. The van der Waals surface area contributed by atoms with Gasteiger partial charge in [-0.05, 0) is 24.6 Å². The maximum absolute atomic E-state index is 12.4. The predicted octanol–water partition coefficient (Wildman–Crippen LogP) is 3.53. The van der Waals surface area contributed by atoms with Gasteiger partial charge in [0, 0.05) is 18.2 Å². The van der Waals surface area contributed by atoms with E-state index in [1.54, 1.807) is 6.07 Å². The molecule has 0 aliphatic carbocycles. The zero-order chi connectivity index (χ0) is 20.1. The highest BCUT2D eigenvalue weighted by Crippen LogP contribution is 2.32. The largest absolute Gasteiger partial charge is 0.490 e. The number of aryl methyl sites for hydroxylation is 1. The van der Waals surface area contributed by atoms with Gasteiger partial charge in [0.1, 0.15) is 5.82 Å². The SMILES string of the molecule is Cc1nnc(SCC(=O)Nc2ccc3c(c2)OCCCO3)n1Cc1ccccc1. The molecule has 1 N–H and O–H groups in total. The van der Waals surface area contributed by atoms with Crippen LogP contribution in [0.4, 0.5) is 5.69 Å². The zero-order valence-electron chi connectivity index (χ0n) is 16.1. The summed E-state index contributed by atoms with van der Waals surface area (Å²) in [5.74, 6) is 2.31.